The van der Waals surface area contributed by atoms with Crippen LogP contribution < -0.4 is 29.7 Å². The van der Waals surface area contributed by atoms with E-state index < -0.39 is 5.97 Å². The lowest BCUT2D eigenvalue weighted by atomic mass is 10.0. The standard InChI is InChI=1S/C25H25N5O2.C24H28N4O3/c1-30(24-5-3-4-14-26-24)15-16-32-23-12-8-21(9-13-23)29-25-27-17-20(18-28-25)19-6-10-22(31-2)11-7-19;1-4-28(5-2)12-13-31-21-9-7-20(8-10-21)27-24-25-15-19(16-26-24)18-6-11-22(23(29)30)17(3)14-18/h3-14,17-18H,15-16H2,1-2H3,(H,27,28,29);6-11,14-16H,4-5,12-13H2,1-3H3,(H,29,30)(H,25,26,27). The van der Waals surface area contributed by atoms with Crippen molar-refractivity contribution < 1.29 is 24.1 Å². The van der Waals surface area contributed by atoms with Crippen molar-refractivity contribution in [1.82, 2.24) is 29.8 Å². The van der Waals surface area contributed by atoms with Crippen LogP contribution in [-0.2, 0) is 0 Å². The van der Waals surface area contributed by atoms with Crippen LogP contribution in [0.1, 0.15) is 29.8 Å². The van der Waals surface area contributed by atoms with Crippen LogP contribution in [0.2, 0.25) is 0 Å². The Morgan fingerprint density at radius 1 is 0.619 bits per heavy atom. The molecule has 0 amide bonds. The van der Waals surface area contributed by atoms with Gasteiger partial charge in [-0.05, 0) is 116 Å². The number of carbonyl (C=O) groups is 1. The number of nitrogens with zero attached hydrogens (tertiary/aromatic N) is 7. The second-order valence-corrected chi connectivity index (χ2v) is 14.3. The van der Waals surface area contributed by atoms with Gasteiger partial charge < -0.3 is 39.8 Å². The molecule has 4 aromatic carbocycles. The number of aryl methyl sites for hydroxylation is 1. The highest BCUT2D eigenvalue weighted by Crippen LogP contribution is 2.25. The van der Waals surface area contributed by atoms with Crippen molar-refractivity contribution in [2.75, 3.05) is 69.1 Å². The topological polar surface area (TPSA) is 160 Å². The van der Waals surface area contributed by atoms with E-state index in [1.165, 1.54) is 0 Å². The highest BCUT2D eigenvalue weighted by Gasteiger charge is 2.10. The smallest absolute Gasteiger partial charge is 0.335 e. The summed E-state index contributed by atoms with van der Waals surface area (Å²) in [6, 6.07) is 34.3. The quantitative estimate of drug-likeness (QED) is 0.0706. The number of aromatic nitrogens is 5. The van der Waals surface area contributed by atoms with E-state index in [0.29, 0.717) is 36.2 Å². The molecule has 324 valence electrons. The number of pyridine rings is 1. The summed E-state index contributed by atoms with van der Waals surface area (Å²) in [5.41, 5.74) is 6.42. The molecule has 0 unspecified atom stereocenters. The van der Waals surface area contributed by atoms with Crippen molar-refractivity contribution in [1.29, 1.82) is 0 Å². The lowest BCUT2D eigenvalue weighted by molar-refractivity contribution is 0.0696. The summed E-state index contributed by atoms with van der Waals surface area (Å²) in [6.45, 7) is 11.0. The number of likely N-dealkylation sites (N-methyl/N-ethyl adjacent to an activating group) is 2. The molecule has 0 fully saturated rings. The number of rotatable bonds is 19. The van der Waals surface area contributed by atoms with Crippen molar-refractivity contribution >= 4 is 35.1 Å². The van der Waals surface area contributed by atoms with E-state index in [9.17, 15) is 4.79 Å². The zero-order valence-electron chi connectivity index (χ0n) is 36.2. The van der Waals surface area contributed by atoms with Crippen LogP contribution in [0.5, 0.6) is 17.2 Å². The summed E-state index contributed by atoms with van der Waals surface area (Å²) < 4.78 is 16.8. The number of nitrogens with one attached hydrogen (secondary N) is 2. The zero-order chi connectivity index (χ0) is 44.4. The molecule has 7 aromatic rings. The summed E-state index contributed by atoms with van der Waals surface area (Å²) in [7, 11) is 3.65. The van der Waals surface area contributed by atoms with Crippen molar-refractivity contribution in [3.05, 3.63) is 151 Å². The third-order valence-electron chi connectivity index (χ3n) is 10.0. The summed E-state index contributed by atoms with van der Waals surface area (Å²) in [4.78, 5) is 37.5. The molecule has 3 aromatic heterocycles. The number of benzene rings is 4. The van der Waals surface area contributed by atoms with Gasteiger partial charge in [-0.3, -0.25) is 0 Å². The van der Waals surface area contributed by atoms with Gasteiger partial charge in [0, 0.05) is 67.1 Å². The number of hydrogen-bond acceptors (Lipinski definition) is 13. The maximum absolute atomic E-state index is 11.2. The van der Waals surface area contributed by atoms with E-state index in [1.807, 2.05) is 104 Å². The van der Waals surface area contributed by atoms with E-state index in [0.717, 1.165) is 82.9 Å². The lowest BCUT2D eigenvalue weighted by Gasteiger charge is -2.18. The first-order chi connectivity index (χ1) is 30.7. The van der Waals surface area contributed by atoms with Crippen molar-refractivity contribution in [2.45, 2.75) is 20.8 Å². The Labute approximate surface area is 368 Å². The van der Waals surface area contributed by atoms with Crippen LogP contribution in [0, 0.1) is 6.92 Å². The van der Waals surface area contributed by atoms with Crippen LogP contribution in [0.25, 0.3) is 22.3 Å². The fourth-order valence-electron chi connectivity index (χ4n) is 6.30. The van der Waals surface area contributed by atoms with E-state index in [1.54, 1.807) is 57.2 Å². The molecule has 3 heterocycles. The Bertz CT molecular complexity index is 2450. The van der Waals surface area contributed by atoms with E-state index >= 15 is 0 Å². The highest BCUT2D eigenvalue weighted by molar-refractivity contribution is 5.90. The molecule has 0 atom stereocenters. The van der Waals surface area contributed by atoms with Crippen LogP contribution in [0.15, 0.2) is 140 Å². The first-order valence-corrected chi connectivity index (χ1v) is 20.7. The zero-order valence-corrected chi connectivity index (χ0v) is 36.2. The Kier molecular flexibility index (Phi) is 16.3. The third kappa shape index (κ3) is 13.5. The summed E-state index contributed by atoms with van der Waals surface area (Å²) in [6.07, 6.45) is 8.82. The van der Waals surface area contributed by atoms with Gasteiger partial charge in [-0.25, -0.2) is 29.7 Å². The van der Waals surface area contributed by atoms with Crippen molar-refractivity contribution in [2.24, 2.45) is 0 Å². The lowest BCUT2D eigenvalue weighted by Crippen LogP contribution is -2.27. The van der Waals surface area contributed by atoms with Crippen LogP contribution >= 0.6 is 0 Å². The Hall–Kier alpha value is -7.58. The number of aromatic carboxylic acids is 1. The van der Waals surface area contributed by atoms with Gasteiger partial charge in [-0.2, -0.15) is 0 Å². The highest BCUT2D eigenvalue weighted by atomic mass is 16.5. The van der Waals surface area contributed by atoms with Crippen LogP contribution in [-0.4, -0.2) is 94.4 Å². The van der Waals surface area contributed by atoms with Gasteiger partial charge in [-0.1, -0.05) is 44.2 Å². The minimum Gasteiger partial charge on any atom is -0.497 e. The number of methoxy groups -OCH3 is 1. The molecule has 0 aliphatic carbocycles. The molecular formula is C49H53N9O5. The summed E-state index contributed by atoms with van der Waals surface area (Å²) in [5.74, 6) is 3.47. The molecule has 7 rings (SSSR count). The van der Waals surface area contributed by atoms with Gasteiger partial charge in [0.2, 0.25) is 11.9 Å². The Balaban J connectivity index is 0.000000210. The van der Waals surface area contributed by atoms with E-state index in [4.69, 9.17) is 19.3 Å². The number of hydrogen-bond donors (Lipinski definition) is 3. The molecule has 0 saturated carbocycles. The normalized spacial score (nSPS) is 10.6. The monoisotopic (exact) mass is 847 g/mol. The van der Waals surface area contributed by atoms with Gasteiger partial charge in [0.25, 0.3) is 0 Å². The average Bonchev–Trinajstić information content (AvgIpc) is 3.32. The first kappa shape index (κ1) is 45.0. The summed E-state index contributed by atoms with van der Waals surface area (Å²) >= 11 is 0. The molecule has 3 N–H and O–H groups in total. The van der Waals surface area contributed by atoms with E-state index in [-0.39, 0.29) is 0 Å². The SMILES string of the molecule is CCN(CC)CCOc1ccc(Nc2ncc(-c3ccc(C(=O)O)c(C)c3)cn2)cc1.COc1ccc(-c2cnc(Nc3ccc(OCCN(C)c4ccccn4)cc3)nc2)cc1. The predicted molar refractivity (Wildman–Crippen MR) is 249 cm³/mol. The van der Waals surface area contributed by atoms with Gasteiger partial charge in [0.15, 0.2) is 0 Å². The minimum atomic E-state index is -0.930. The second kappa shape index (κ2) is 22.9. The van der Waals surface area contributed by atoms with Crippen molar-refractivity contribution in [3.63, 3.8) is 0 Å². The molecule has 0 aliphatic rings. The number of anilines is 5. The van der Waals surface area contributed by atoms with E-state index in [2.05, 4.69) is 59.2 Å². The maximum atomic E-state index is 11.2. The molecule has 14 nitrogen and oxygen atoms in total. The molecular weight excluding hydrogens is 795 g/mol. The Morgan fingerprint density at radius 3 is 1.60 bits per heavy atom. The molecule has 0 spiro atoms. The number of carboxylic acid groups (broad SMARTS) is 1. The predicted octanol–water partition coefficient (Wildman–Crippen LogP) is 9.42. The van der Waals surface area contributed by atoms with Gasteiger partial charge in [0.1, 0.15) is 36.3 Å². The molecule has 0 radical (unpaired) electrons. The molecule has 14 heteroatoms. The maximum Gasteiger partial charge on any atom is 0.335 e. The summed E-state index contributed by atoms with van der Waals surface area (Å²) in [5, 5.41) is 15.5. The largest absolute Gasteiger partial charge is 0.497 e. The van der Waals surface area contributed by atoms with Crippen LogP contribution in [0.3, 0.4) is 0 Å². The second-order valence-electron chi connectivity index (χ2n) is 14.3. The first-order valence-electron chi connectivity index (χ1n) is 20.7. The fourth-order valence-corrected chi connectivity index (χ4v) is 6.30. The molecule has 0 aliphatic heterocycles. The van der Waals surface area contributed by atoms with Gasteiger partial charge in [-0.15, -0.1) is 0 Å². The molecule has 63 heavy (non-hydrogen) atoms. The minimum absolute atomic E-state index is 0.295. The fraction of sp³-hybridized carbons (Fsp3) is 0.224. The average molecular weight is 848 g/mol. The van der Waals surface area contributed by atoms with Crippen molar-refractivity contribution in [3.8, 4) is 39.5 Å². The number of carboxylic acids is 1. The Morgan fingerprint density at radius 2 is 1.13 bits per heavy atom. The van der Waals surface area contributed by atoms with Gasteiger partial charge in [0.05, 0.1) is 19.2 Å². The number of ether oxygens (including phenoxy) is 3. The molecule has 0 saturated heterocycles. The molecule has 0 bridgehead atoms. The van der Waals surface area contributed by atoms with Gasteiger partial charge >= 0.3 is 5.97 Å². The van der Waals surface area contributed by atoms with Crippen LogP contribution in [0.4, 0.5) is 29.1 Å². The third-order valence-corrected chi connectivity index (χ3v) is 10.0.